The quantitative estimate of drug-likeness (QED) is 0.858. The van der Waals surface area contributed by atoms with Gasteiger partial charge in [-0.15, -0.1) is 0 Å². The van der Waals surface area contributed by atoms with Crippen LogP contribution in [0.1, 0.15) is 30.4 Å². The average Bonchev–Trinajstić information content (AvgIpc) is 2.88. The molecule has 2 fully saturated rings. The summed E-state index contributed by atoms with van der Waals surface area (Å²) in [7, 11) is 3.96. The van der Waals surface area contributed by atoms with Gasteiger partial charge in [-0.25, -0.2) is 0 Å². The molecule has 1 aromatic rings. The summed E-state index contributed by atoms with van der Waals surface area (Å²) in [6.45, 7) is 1.09. The summed E-state index contributed by atoms with van der Waals surface area (Å²) in [4.78, 5) is 2.52. The van der Waals surface area contributed by atoms with Crippen molar-refractivity contribution >= 4 is 0 Å². The fraction of sp³-hybridized carbons (Fsp3) is 0.667. The van der Waals surface area contributed by atoms with E-state index in [0.29, 0.717) is 12.0 Å². The molecule has 2 heterocycles. The molecule has 4 heteroatoms. The van der Waals surface area contributed by atoms with Gasteiger partial charge in [0.1, 0.15) is 6.10 Å². The molecule has 1 N–H and O–H groups in total. The molecule has 0 radical (unpaired) electrons. The van der Waals surface area contributed by atoms with Crippen LogP contribution in [0.15, 0.2) is 12.1 Å². The van der Waals surface area contributed by atoms with Crippen molar-refractivity contribution in [3.8, 4) is 11.5 Å². The second kappa shape index (κ2) is 4.18. The van der Waals surface area contributed by atoms with Crippen molar-refractivity contribution in [1.29, 1.82) is 0 Å². The van der Waals surface area contributed by atoms with E-state index in [2.05, 4.69) is 18.0 Å². The van der Waals surface area contributed by atoms with Crippen LogP contribution in [-0.2, 0) is 11.8 Å². The molecule has 0 aromatic heterocycles. The van der Waals surface area contributed by atoms with Crippen molar-refractivity contribution in [1.82, 2.24) is 4.90 Å². The third-order valence-corrected chi connectivity index (χ3v) is 6.77. The lowest BCUT2D eigenvalue weighted by Gasteiger charge is -2.58. The molecule has 2 aliphatic heterocycles. The number of hydrogen-bond donors (Lipinski definition) is 1. The van der Waals surface area contributed by atoms with E-state index in [4.69, 9.17) is 9.47 Å². The predicted molar refractivity (Wildman–Crippen MR) is 82.6 cm³/mol. The third-order valence-electron chi connectivity index (χ3n) is 6.77. The fourth-order valence-electron chi connectivity index (χ4n) is 5.86. The van der Waals surface area contributed by atoms with Crippen molar-refractivity contribution in [2.24, 2.45) is 5.92 Å². The van der Waals surface area contributed by atoms with E-state index in [9.17, 15) is 5.11 Å². The number of hydrogen-bond acceptors (Lipinski definition) is 4. The van der Waals surface area contributed by atoms with Gasteiger partial charge in [-0.1, -0.05) is 6.07 Å². The molecule has 2 bridgehead atoms. The maximum Gasteiger partial charge on any atom is 0.165 e. The Morgan fingerprint density at radius 2 is 2.23 bits per heavy atom. The van der Waals surface area contributed by atoms with E-state index in [1.165, 1.54) is 11.1 Å². The Hall–Kier alpha value is -1.26. The van der Waals surface area contributed by atoms with E-state index >= 15 is 0 Å². The zero-order chi connectivity index (χ0) is 15.1. The SMILES string of the molecule is COc1ccc2c3c1OC1[C@@H](O)CC[C@H]4C(C2)N(C)CC[C@]314. The lowest BCUT2D eigenvalue weighted by molar-refractivity contribution is -0.0993. The van der Waals surface area contributed by atoms with E-state index < -0.39 is 0 Å². The molecule has 5 rings (SSSR count). The molecule has 1 saturated heterocycles. The number of ether oxygens (including phenoxy) is 2. The highest BCUT2D eigenvalue weighted by atomic mass is 16.5. The van der Waals surface area contributed by atoms with Crippen molar-refractivity contribution < 1.29 is 14.6 Å². The van der Waals surface area contributed by atoms with Crippen LogP contribution in [0.5, 0.6) is 11.5 Å². The van der Waals surface area contributed by atoms with Gasteiger partial charge in [0.15, 0.2) is 11.5 Å². The molecule has 4 nitrogen and oxygen atoms in total. The van der Waals surface area contributed by atoms with Crippen LogP contribution in [-0.4, -0.2) is 49.0 Å². The summed E-state index contributed by atoms with van der Waals surface area (Å²) in [5, 5.41) is 10.6. The standard InChI is InChI=1S/C18H23NO3/c1-19-8-7-18-11-4-5-13(20)17(18)22-16-14(21-2)6-3-10(15(16)18)9-12(11)19/h3,6,11-13,17,20H,4-5,7-9H2,1-2H3/t11-,12?,13-,17?,18-/m0/s1. The Labute approximate surface area is 131 Å². The first-order valence-electron chi connectivity index (χ1n) is 8.42. The molecule has 2 aliphatic carbocycles. The maximum atomic E-state index is 10.6. The molecule has 4 aliphatic rings. The van der Waals surface area contributed by atoms with Crippen LogP contribution in [0.25, 0.3) is 0 Å². The Morgan fingerprint density at radius 3 is 3.05 bits per heavy atom. The van der Waals surface area contributed by atoms with Crippen molar-refractivity contribution in [3.63, 3.8) is 0 Å². The van der Waals surface area contributed by atoms with E-state index in [0.717, 1.165) is 43.7 Å². The zero-order valence-electron chi connectivity index (χ0n) is 13.2. The van der Waals surface area contributed by atoms with Crippen LogP contribution in [0, 0.1) is 5.92 Å². The van der Waals surface area contributed by atoms with Gasteiger partial charge < -0.3 is 19.5 Å². The highest BCUT2D eigenvalue weighted by molar-refractivity contribution is 5.61. The van der Waals surface area contributed by atoms with Gasteiger partial charge in [-0.3, -0.25) is 0 Å². The number of piperidine rings is 1. The molecule has 118 valence electrons. The number of methoxy groups -OCH3 is 1. The van der Waals surface area contributed by atoms with Gasteiger partial charge in [0.05, 0.1) is 13.2 Å². The average molecular weight is 301 g/mol. The Morgan fingerprint density at radius 1 is 1.36 bits per heavy atom. The van der Waals surface area contributed by atoms with Gasteiger partial charge >= 0.3 is 0 Å². The predicted octanol–water partition coefficient (Wildman–Crippen LogP) is 1.73. The number of benzene rings is 1. The molecule has 1 spiro atoms. The summed E-state index contributed by atoms with van der Waals surface area (Å²) in [6, 6.07) is 4.83. The number of aliphatic hydroxyl groups is 1. The van der Waals surface area contributed by atoms with Crippen molar-refractivity contribution in [3.05, 3.63) is 23.3 Å². The number of likely N-dealkylation sites (N-methyl/N-ethyl adjacent to an activating group) is 1. The topological polar surface area (TPSA) is 41.9 Å². The highest BCUT2D eigenvalue weighted by Gasteiger charge is 2.65. The maximum absolute atomic E-state index is 10.6. The summed E-state index contributed by atoms with van der Waals surface area (Å²) < 4.78 is 11.9. The molecular weight excluding hydrogens is 278 g/mol. The fourth-order valence-corrected chi connectivity index (χ4v) is 5.86. The summed E-state index contributed by atoms with van der Waals surface area (Å²) in [5.41, 5.74) is 2.77. The normalized spacial score (nSPS) is 41.8. The van der Waals surface area contributed by atoms with E-state index in [1.54, 1.807) is 7.11 Å². The minimum absolute atomic E-state index is 0.00625. The first-order chi connectivity index (χ1) is 10.7. The Bertz CT molecular complexity index is 645. The summed E-state index contributed by atoms with van der Waals surface area (Å²) in [6.07, 6.45) is 3.69. The number of nitrogens with zero attached hydrogens (tertiary/aromatic N) is 1. The van der Waals surface area contributed by atoms with E-state index in [1.807, 2.05) is 6.07 Å². The van der Waals surface area contributed by atoms with Gasteiger partial charge in [0.2, 0.25) is 0 Å². The number of rotatable bonds is 1. The monoisotopic (exact) mass is 301 g/mol. The lowest BCUT2D eigenvalue weighted by atomic mass is 9.51. The van der Waals surface area contributed by atoms with Crippen LogP contribution < -0.4 is 9.47 Å². The number of likely N-dealkylation sites (tertiary alicyclic amines) is 1. The third kappa shape index (κ3) is 1.32. The van der Waals surface area contributed by atoms with Crippen molar-refractivity contribution in [2.45, 2.75) is 49.3 Å². The molecular formula is C18H23NO3. The van der Waals surface area contributed by atoms with Crippen LogP contribution in [0.3, 0.4) is 0 Å². The molecule has 22 heavy (non-hydrogen) atoms. The number of aliphatic hydroxyl groups excluding tert-OH is 1. The van der Waals surface area contributed by atoms with Gasteiger partial charge in [-0.05, 0) is 56.8 Å². The molecule has 1 saturated carbocycles. The minimum atomic E-state index is -0.358. The van der Waals surface area contributed by atoms with Crippen molar-refractivity contribution in [2.75, 3.05) is 20.7 Å². The smallest absolute Gasteiger partial charge is 0.165 e. The molecule has 5 atom stereocenters. The molecule has 0 amide bonds. The Kier molecular flexibility index (Phi) is 2.51. The minimum Gasteiger partial charge on any atom is -0.493 e. The second-order valence-electron chi connectivity index (χ2n) is 7.46. The van der Waals surface area contributed by atoms with Crippen LogP contribution in [0.2, 0.25) is 0 Å². The Balaban J connectivity index is 1.80. The summed E-state index contributed by atoms with van der Waals surface area (Å²) >= 11 is 0. The van der Waals surface area contributed by atoms with Crippen LogP contribution in [0.4, 0.5) is 0 Å². The lowest BCUT2D eigenvalue weighted by Crippen LogP contribution is -2.66. The molecule has 1 aromatic carbocycles. The second-order valence-corrected chi connectivity index (χ2v) is 7.46. The first kappa shape index (κ1) is 13.2. The summed E-state index contributed by atoms with van der Waals surface area (Å²) in [5.74, 6) is 2.34. The van der Waals surface area contributed by atoms with Crippen LogP contribution >= 0.6 is 0 Å². The van der Waals surface area contributed by atoms with Gasteiger partial charge in [0.25, 0.3) is 0 Å². The highest BCUT2D eigenvalue weighted by Crippen LogP contribution is 2.63. The van der Waals surface area contributed by atoms with E-state index in [-0.39, 0.29) is 17.6 Å². The molecule has 2 unspecified atom stereocenters. The van der Waals surface area contributed by atoms with Gasteiger partial charge in [-0.2, -0.15) is 0 Å². The zero-order valence-corrected chi connectivity index (χ0v) is 13.2. The largest absolute Gasteiger partial charge is 0.493 e. The van der Waals surface area contributed by atoms with Gasteiger partial charge in [0, 0.05) is 17.0 Å². The first-order valence-corrected chi connectivity index (χ1v) is 8.42.